The molecule has 0 radical (unpaired) electrons. The lowest BCUT2D eigenvalue weighted by Gasteiger charge is -2.14. The summed E-state index contributed by atoms with van der Waals surface area (Å²) in [6.07, 6.45) is -0.217. The van der Waals surface area contributed by atoms with Gasteiger partial charge in [-0.15, -0.1) is 0 Å². The van der Waals surface area contributed by atoms with E-state index >= 15 is 0 Å². The molecule has 72 valence electrons. The van der Waals surface area contributed by atoms with E-state index in [4.69, 9.17) is 10.00 Å². The fourth-order valence-corrected chi connectivity index (χ4v) is 1.37. The maximum Gasteiger partial charge on any atom is 0.410 e. The van der Waals surface area contributed by atoms with Crippen molar-refractivity contribution in [2.24, 2.45) is 5.92 Å². The summed E-state index contributed by atoms with van der Waals surface area (Å²) in [6, 6.07) is 2.00. The van der Waals surface area contributed by atoms with E-state index in [2.05, 4.69) is 0 Å². The lowest BCUT2D eigenvalue weighted by molar-refractivity contribution is 0.132. The Labute approximate surface area is 78.1 Å². The molecule has 1 aliphatic rings. The summed E-state index contributed by atoms with van der Waals surface area (Å²) < 4.78 is 4.98. The summed E-state index contributed by atoms with van der Waals surface area (Å²) in [5.41, 5.74) is 0. The van der Waals surface area contributed by atoms with Gasteiger partial charge in [-0.25, -0.2) is 4.79 Å². The zero-order valence-electron chi connectivity index (χ0n) is 7.99. The van der Waals surface area contributed by atoms with Gasteiger partial charge >= 0.3 is 6.09 Å². The summed E-state index contributed by atoms with van der Waals surface area (Å²) >= 11 is 0. The van der Waals surface area contributed by atoms with E-state index in [9.17, 15) is 4.79 Å². The van der Waals surface area contributed by atoms with E-state index in [0.29, 0.717) is 25.4 Å². The zero-order chi connectivity index (χ0) is 9.84. The van der Waals surface area contributed by atoms with Crippen molar-refractivity contribution in [3.8, 4) is 6.07 Å². The summed E-state index contributed by atoms with van der Waals surface area (Å²) in [4.78, 5) is 12.8. The molecular formula is C9H14N2O2. The van der Waals surface area contributed by atoms with E-state index in [-0.39, 0.29) is 12.2 Å². The lowest BCUT2D eigenvalue weighted by atomic mass is 10.2. The van der Waals surface area contributed by atoms with Crippen molar-refractivity contribution in [2.75, 3.05) is 13.1 Å². The SMILES string of the molecule is CC(C)CN1CC(CC#N)OC1=O. The monoisotopic (exact) mass is 182 g/mol. The first-order valence-corrected chi connectivity index (χ1v) is 4.46. The molecule has 0 aromatic heterocycles. The van der Waals surface area contributed by atoms with Gasteiger partial charge in [0.2, 0.25) is 0 Å². The quantitative estimate of drug-likeness (QED) is 0.662. The molecule has 1 atom stereocenters. The highest BCUT2D eigenvalue weighted by atomic mass is 16.6. The molecule has 0 aromatic carbocycles. The Kier molecular flexibility index (Phi) is 3.13. The van der Waals surface area contributed by atoms with Gasteiger partial charge in [0.1, 0.15) is 6.10 Å². The maximum absolute atomic E-state index is 11.2. The number of ether oxygens (including phenoxy) is 1. The Morgan fingerprint density at radius 2 is 2.46 bits per heavy atom. The molecule has 0 aromatic rings. The molecule has 13 heavy (non-hydrogen) atoms. The van der Waals surface area contributed by atoms with Gasteiger partial charge < -0.3 is 9.64 Å². The smallest absolute Gasteiger partial charge is 0.410 e. The summed E-state index contributed by atoms with van der Waals surface area (Å²) in [5, 5.41) is 8.42. The molecule has 0 spiro atoms. The first-order chi connectivity index (χ1) is 6.13. The predicted molar refractivity (Wildman–Crippen MR) is 46.9 cm³/mol. The molecule has 1 amide bonds. The number of hydrogen-bond acceptors (Lipinski definition) is 3. The van der Waals surface area contributed by atoms with Gasteiger partial charge in [-0.3, -0.25) is 0 Å². The van der Waals surface area contributed by atoms with Gasteiger partial charge in [-0.2, -0.15) is 5.26 Å². The normalized spacial score (nSPS) is 21.8. The van der Waals surface area contributed by atoms with Crippen LogP contribution in [-0.4, -0.2) is 30.2 Å². The average molecular weight is 182 g/mol. The third-order valence-corrected chi connectivity index (χ3v) is 1.85. The summed E-state index contributed by atoms with van der Waals surface area (Å²) in [6.45, 7) is 5.36. The molecule has 1 aliphatic heterocycles. The molecule has 1 heterocycles. The van der Waals surface area contributed by atoms with Crippen LogP contribution >= 0.6 is 0 Å². The predicted octanol–water partition coefficient (Wildman–Crippen LogP) is 1.38. The summed E-state index contributed by atoms with van der Waals surface area (Å²) in [7, 11) is 0. The van der Waals surface area contributed by atoms with Gasteiger partial charge in [-0.05, 0) is 5.92 Å². The fraction of sp³-hybridized carbons (Fsp3) is 0.778. The standard InChI is InChI=1S/C9H14N2O2/c1-7(2)5-11-6-8(3-4-10)13-9(11)12/h7-8H,3,5-6H2,1-2H3. The third-order valence-electron chi connectivity index (χ3n) is 1.85. The minimum Gasteiger partial charge on any atom is -0.443 e. The van der Waals surface area contributed by atoms with E-state index in [1.807, 2.05) is 19.9 Å². The van der Waals surface area contributed by atoms with Crippen LogP contribution in [0.3, 0.4) is 0 Å². The largest absolute Gasteiger partial charge is 0.443 e. The van der Waals surface area contributed by atoms with Gasteiger partial charge in [0.25, 0.3) is 0 Å². The van der Waals surface area contributed by atoms with Crippen molar-refractivity contribution >= 4 is 6.09 Å². The number of hydrogen-bond donors (Lipinski definition) is 0. The van der Waals surface area contributed by atoms with Crippen molar-refractivity contribution < 1.29 is 9.53 Å². The van der Waals surface area contributed by atoms with Crippen LogP contribution in [0.25, 0.3) is 0 Å². The van der Waals surface area contributed by atoms with Crippen molar-refractivity contribution in [1.82, 2.24) is 4.90 Å². The highest BCUT2D eigenvalue weighted by Crippen LogP contribution is 2.14. The van der Waals surface area contributed by atoms with Crippen LogP contribution in [0.5, 0.6) is 0 Å². The molecule has 0 saturated carbocycles. The minimum absolute atomic E-state index is 0.226. The van der Waals surface area contributed by atoms with Crippen LogP contribution in [0.1, 0.15) is 20.3 Å². The molecule has 0 bridgehead atoms. The molecule has 0 N–H and O–H groups in total. The van der Waals surface area contributed by atoms with Gasteiger partial charge in [0.15, 0.2) is 0 Å². The van der Waals surface area contributed by atoms with Gasteiger partial charge in [-0.1, -0.05) is 13.8 Å². The van der Waals surface area contributed by atoms with Crippen molar-refractivity contribution in [2.45, 2.75) is 26.4 Å². The van der Waals surface area contributed by atoms with E-state index in [1.165, 1.54) is 0 Å². The molecular weight excluding hydrogens is 168 g/mol. The first-order valence-electron chi connectivity index (χ1n) is 4.46. The Balaban J connectivity index is 2.43. The van der Waals surface area contributed by atoms with Crippen LogP contribution < -0.4 is 0 Å². The fourth-order valence-electron chi connectivity index (χ4n) is 1.37. The van der Waals surface area contributed by atoms with Crippen LogP contribution in [0.2, 0.25) is 0 Å². The Bertz CT molecular complexity index is 232. The molecule has 4 nitrogen and oxygen atoms in total. The second-order valence-corrected chi connectivity index (χ2v) is 3.67. The minimum atomic E-state index is -0.283. The number of carbonyl (C=O) groups is 1. The Morgan fingerprint density at radius 3 is 3.00 bits per heavy atom. The van der Waals surface area contributed by atoms with Gasteiger partial charge in [0, 0.05) is 6.54 Å². The van der Waals surface area contributed by atoms with Crippen LogP contribution in [0.4, 0.5) is 4.79 Å². The van der Waals surface area contributed by atoms with E-state index in [1.54, 1.807) is 4.90 Å². The number of amides is 1. The maximum atomic E-state index is 11.2. The lowest BCUT2D eigenvalue weighted by Crippen LogP contribution is -2.29. The second-order valence-electron chi connectivity index (χ2n) is 3.67. The molecule has 1 rings (SSSR count). The van der Waals surface area contributed by atoms with Crippen LogP contribution in [0.15, 0.2) is 0 Å². The molecule has 4 heteroatoms. The van der Waals surface area contributed by atoms with Crippen molar-refractivity contribution in [1.29, 1.82) is 5.26 Å². The van der Waals surface area contributed by atoms with Gasteiger partial charge in [0.05, 0.1) is 19.0 Å². The Hall–Kier alpha value is -1.24. The average Bonchev–Trinajstić information content (AvgIpc) is 2.31. The van der Waals surface area contributed by atoms with E-state index < -0.39 is 0 Å². The number of rotatable bonds is 3. The molecule has 0 aliphatic carbocycles. The summed E-state index contributed by atoms with van der Waals surface area (Å²) in [5.74, 6) is 0.438. The molecule has 1 saturated heterocycles. The van der Waals surface area contributed by atoms with Crippen molar-refractivity contribution in [3.63, 3.8) is 0 Å². The first kappa shape index (κ1) is 9.85. The molecule has 1 unspecified atom stereocenters. The number of carbonyl (C=O) groups excluding carboxylic acids is 1. The third kappa shape index (κ3) is 2.62. The highest BCUT2D eigenvalue weighted by Gasteiger charge is 2.30. The van der Waals surface area contributed by atoms with Crippen LogP contribution in [0, 0.1) is 17.2 Å². The zero-order valence-corrected chi connectivity index (χ0v) is 7.99. The highest BCUT2D eigenvalue weighted by molar-refractivity contribution is 5.69. The second kappa shape index (κ2) is 4.13. The molecule has 1 fully saturated rings. The van der Waals surface area contributed by atoms with Crippen molar-refractivity contribution in [3.05, 3.63) is 0 Å². The van der Waals surface area contributed by atoms with Crippen LogP contribution in [-0.2, 0) is 4.74 Å². The topological polar surface area (TPSA) is 53.3 Å². The van der Waals surface area contributed by atoms with E-state index in [0.717, 1.165) is 0 Å². The number of cyclic esters (lactones) is 1. The number of nitrogens with zero attached hydrogens (tertiary/aromatic N) is 2. The Morgan fingerprint density at radius 1 is 1.77 bits per heavy atom. The number of nitriles is 1.